The van der Waals surface area contributed by atoms with Gasteiger partial charge in [0.1, 0.15) is 5.75 Å². The van der Waals surface area contributed by atoms with Gasteiger partial charge in [-0.15, -0.1) is 0 Å². The predicted molar refractivity (Wildman–Crippen MR) is 61.8 cm³/mol. The second kappa shape index (κ2) is 4.71. The van der Waals surface area contributed by atoms with Crippen LogP contribution in [0.4, 0.5) is 0 Å². The second-order valence-corrected chi connectivity index (χ2v) is 4.32. The summed E-state index contributed by atoms with van der Waals surface area (Å²) in [5.74, 6) is -0.404. The molecule has 1 aromatic heterocycles. The molecule has 1 aromatic rings. The minimum absolute atomic E-state index is 0.106. The molecule has 1 saturated carbocycles. The molecule has 1 aliphatic carbocycles. The summed E-state index contributed by atoms with van der Waals surface area (Å²) in [6, 6.07) is 1.49. The van der Waals surface area contributed by atoms with Gasteiger partial charge in [-0.2, -0.15) is 0 Å². The Labute approximate surface area is 99.8 Å². The lowest BCUT2D eigenvalue weighted by Crippen LogP contribution is -2.49. The van der Waals surface area contributed by atoms with E-state index < -0.39 is 0 Å². The average Bonchev–Trinajstić information content (AvgIpc) is 2.28. The zero-order chi connectivity index (χ0) is 12.3. The van der Waals surface area contributed by atoms with Crippen LogP contribution in [0.3, 0.4) is 0 Å². The highest BCUT2D eigenvalue weighted by Crippen LogP contribution is 2.34. The fourth-order valence-corrected chi connectivity index (χ4v) is 1.94. The zero-order valence-electron chi connectivity index (χ0n) is 9.77. The number of hydrogen-bond acceptors (Lipinski definition) is 4. The summed E-state index contributed by atoms with van der Waals surface area (Å²) >= 11 is 0. The number of ether oxygens (including phenoxy) is 1. The standard InChI is InChI=1S/C12H16N2O3/c1-17-12(4-2-5-12)8-14-11(16)9-3-6-13-7-10(9)15/h3,6-7,15H,2,4-5,8H2,1H3,(H,14,16). The van der Waals surface area contributed by atoms with Crippen molar-refractivity contribution >= 4 is 5.91 Å². The summed E-state index contributed by atoms with van der Waals surface area (Å²) in [4.78, 5) is 15.5. The van der Waals surface area contributed by atoms with Gasteiger partial charge in [0.2, 0.25) is 0 Å². The molecule has 5 nitrogen and oxygen atoms in total. The Morgan fingerprint density at radius 2 is 2.41 bits per heavy atom. The van der Waals surface area contributed by atoms with Crippen molar-refractivity contribution in [1.82, 2.24) is 10.3 Å². The number of carbonyl (C=O) groups excluding carboxylic acids is 1. The molecule has 0 aromatic carbocycles. The normalized spacial score (nSPS) is 17.2. The van der Waals surface area contributed by atoms with Crippen molar-refractivity contribution in [3.8, 4) is 5.75 Å². The number of aromatic hydroxyl groups is 1. The van der Waals surface area contributed by atoms with Gasteiger partial charge in [0.25, 0.3) is 5.91 Å². The number of hydrogen-bond donors (Lipinski definition) is 2. The number of amides is 1. The van der Waals surface area contributed by atoms with Gasteiger partial charge < -0.3 is 15.2 Å². The summed E-state index contributed by atoms with van der Waals surface area (Å²) < 4.78 is 5.40. The van der Waals surface area contributed by atoms with E-state index in [1.54, 1.807) is 7.11 Å². The molecule has 1 heterocycles. The van der Waals surface area contributed by atoms with E-state index in [2.05, 4.69) is 10.3 Å². The Hall–Kier alpha value is -1.62. The SMILES string of the molecule is COC1(CNC(=O)c2ccncc2O)CCC1. The van der Waals surface area contributed by atoms with Crippen LogP contribution in [0.25, 0.3) is 0 Å². The zero-order valence-corrected chi connectivity index (χ0v) is 9.77. The highest BCUT2D eigenvalue weighted by Gasteiger charge is 2.37. The molecule has 0 aliphatic heterocycles. The largest absolute Gasteiger partial charge is 0.505 e. The minimum atomic E-state index is -0.298. The molecule has 0 unspecified atom stereocenters. The second-order valence-electron chi connectivity index (χ2n) is 4.32. The fourth-order valence-electron chi connectivity index (χ4n) is 1.94. The highest BCUT2D eigenvalue weighted by molar-refractivity contribution is 5.96. The first-order chi connectivity index (χ1) is 8.17. The Balaban J connectivity index is 1.96. The van der Waals surface area contributed by atoms with Crippen molar-refractivity contribution in [1.29, 1.82) is 0 Å². The Bertz CT molecular complexity index is 410. The van der Waals surface area contributed by atoms with E-state index in [9.17, 15) is 9.90 Å². The molecule has 0 bridgehead atoms. The van der Waals surface area contributed by atoms with Crippen molar-refractivity contribution in [3.63, 3.8) is 0 Å². The molecule has 5 heteroatoms. The van der Waals surface area contributed by atoms with E-state index in [0.717, 1.165) is 19.3 Å². The van der Waals surface area contributed by atoms with Crippen molar-refractivity contribution in [3.05, 3.63) is 24.0 Å². The summed E-state index contributed by atoms with van der Waals surface area (Å²) in [5.41, 5.74) is 0.0313. The molecular formula is C12H16N2O3. The molecule has 2 N–H and O–H groups in total. The molecule has 1 aliphatic rings. The number of carbonyl (C=O) groups is 1. The number of nitrogens with zero attached hydrogens (tertiary/aromatic N) is 1. The van der Waals surface area contributed by atoms with E-state index in [1.165, 1.54) is 18.5 Å². The number of methoxy groups -OCH3 is 1. The fraction of sp³-hybridized carbons (Fsp3) is 0.500. The number of rotatable bonds is 4. The Kier molecular flexibility index (Phi) is 3.28. The quantitative estimate of drug-likeness (QED) is 0.820. The Morgan fingerprint density at radius 1 is 1.65 bits per heavy atom. The van der Waals surface area contributed by atoms with E-state index in [4.69, 9.17) is 4.74 Å². The van der Waals surface area contributed by atoms with Crippen LogP contribution in [0, 0.1) is 0 Å². The molecule has 0 atom stereocenters. The number of aromatic nitrogens is 1. The van der Waals surface area contributed by atoms with E-state index >= 15 is 0 Å². The number of nitrogens with one attached hydrogen (secondary N) is 1. The maximum absolute atomic E-state index is 11.8. The van der Waals surface area contributed by atoms with E-state index in [1.807, 2.05) is 0 Å². The molecule has 17 heavy (non-hydrogen) atoms. The lowest BCUT2D eigenvalue weighted by Gasteiger charge is -2.40. The van der Waals surface area contributed by atoms with Gasteiger partial charge in [-0.1, -0.05) is 0 Å². The van der Waals surface area contributed by atoms with Crippen molar-refractivity contribution in [2.45, 2.75) is 24.9 Å². The predicted octanol–water partition coefficient (Wildman–Crippen LogP) is 1.09. The molecule has 2 rings (SSSR count). The van der Waals surface area contributed by atoms with Crippen LogP contribution in [0.1, 0.15) is 29.6 Å². The van der Waals surface area contributed by atoms with Gasteiger partial charge in [0.05, 0.1) is 17.4 Å². The van der Waals surface area contributed by atoms with Crippen molar-refractivity contribution in [2.75, 3.05) is 13.7 Å². The first kappa shape index (κ1) is 11.9. The summed E-state index contributed by atoms with van der Waals surface area (Å²) in [5, 5.41) is 12.3. The lowest BCUT2D eigenvalue weighted by molar-refractivity contribution is -0.0679. The van der Waals surface area contributed by atoms with Crippen molar-refractivity contribution < 1.29 is 14.6 Å². The van der Waals surface area contributed by atoms with Crippen LogP contribution in [0.2, 0.25) is 0 Å². The van der Waals surface area contributed by atoms with Gasteiger partial charge in [-0.05, 0) is 25.3 Å². The van der Waals surface area contributed by atoms with Gasteiger partial charge >= 0.3 is 0 Å². The van der Waals surface area contributed by atoms with Gasteiger partial charge in [0, 0.05) is 19.9 Å². The summed E-state index contributed by atoms with van der Waals surface area (Å²) in [6.07, 6.45) is 5.79. The topological polar surface area (TPSA) is 71.5 Å². The molecule has 0 radical (unpaired) electrons. The van der Waals surface area contributed by atoms with Crippen LogP contribution in [0.15, 0.2) is 18.5 Å². The van der Waals surface area contributed by atoms with Crippen molar-refractivity contribution in [2.24, 2.45) is 0 Å². The minimum Gasteiger partial charge on any atom is -0.505 e. The highest BCUT2D eigenvalue weighted by atomic mass is 16.5. The third-order valence-electron chi connectivity index (χ3n) is 3.31. The first-order valence-corrected chi connectivity index (χ1v) is 5.63. The van der Waals surface area contributed by atoms with Crippen LogP contribution < -0.4 is 5.32 Å². The Morgan fingerprint density at radius 3 is 2.94 bits per heavy atom. The van der Waals surface area contributed by atoms with Gasteiger partial charge in [-0.25, -0.2) is 0 Å². The maximum Gasteiger partial charge on any atom is 0.255 e. The van der Waals surface area contributed by atoms with Crippen LogP contribution in [0.5, 0.6) is 5.75 Å². The molecule has 0 saturated heterocycles. The maximum atomic E-state index is 11.8. The van der Waals surface area contributed by atoms with Crippen LogP contribution >= 0.6 is 0 Å². The van der Waals surface area contributed by atoms with Gasteiger partial charge in [0.15, 0.2) is 0 Å². The molecular weight excluding hydrogens is 220 g/mol. The smallest absolute Gasteiger partial charge is 0.255 e. The third-order valence-corrected chi connectivity index (χ3v) is 3.31. The summed E-state index contributed by atoms with van der Waals surface area (Å²) in [6.45, 7) is 0.476. The first-order valence-electron chi connectivity index (χ1n) is 5.63. The molecule has 92 valence electrons. The number of pyridine rings is 1. The van der Waals surface area contributed by atoms with E-state index in [-0.39, 0.29) is 22.8 Å². The van der Waals surface area contributed by atoms with Crippen LogP contribution in [-0.4, -0.2) is 35.3 Å². The third kappa shape index (κ3) is 2.39. The van der Waals surface area contributed by atoms with Crippen LogP contribution in [-0.2, 0) is 4.74 Å². The summed E-state index contributed by atoms with van der Waals surface area (Å²) in [7, 11) is 1.66. The molecule has 1 fully saturated rings. The molecule has 1 amide bonds. The van der Waals surface area contributed by atoms with Gasteiger partial charge in [-0.3, -0.25) is 9.78 Å². The monoisotopic (exact) mass is 236 g/mol. The average molecular weight is 236 g/mol. The lowest BCUT2D eigenvalue weighted by atomic mass is 9.80. The molecule has 0 spiro atoms. The van der Waals surface area contributed by atoms with E-state index in [0.29, 0.717) is 6.54 Å².